The van der Waals surface area contributed by atoms with Crippen molar-refractivity contribution in [2.75, 3.05) is 16.4 Å². The number of amides is 2. The molecule has 0 fully saturated rings. The van der Waals surface area contributed by atoms with Crippen LogP contribution in [0.1, 0.15) is 42.2 Å². The van der Waals surface area contributed by atoms with Crippen molar-refractivity contribution in [2.24, 2.45) is 0 Å². The number of carbonyl (C=O) groups excluding carboxylic acids is 2. The predicted molar refractivity (Wildman–Crippen MR) is 151 cm³/mol. The van der Waals surface area contributed by atoms with E-state index in [0.29, 0.717) is 33.3 Å². The third-order valence-corrected chi connectivity index (χ3v) is 7.50. The van der Waals surface area contributed by atoms with Crippen LogP contribution in [-0.2, 0) is 16.0 Å². The topological polar surface area (TPSA) is 107 Å². The molecule has 0 bridgehead atoms. The largest absolute Gasteiger partial charge is 0.468 e. The van der Waals surface area contributed by atoms with E-state index in [1.165, 1.54) is 23.6 Å². The van der Waals surface area contributed by atoms with Gasteiger partial charge < -0.3 is 20.4 Å². The van der Waals surface area contributed by atoms with Crippen LogP contribution in [0.25, 0.3) is 0 Å². The van der Waals surface area contributed by atoms with Crippen LogP contribution >= 0.6 is 11.8 Å². The third kappa shape index (κ3) is 6.01. The van der Waals surface area contributed by atoms with E-state index in [1.807, 2.05) is 56.3 Å². The molecule has 3 N–H and O–H groups in total. The lowest BCUT2D eigenvalue weighted by Crippen LogP contribution is -2.31. The Bertz CT molecular complexity index is 1450. The van der Waals surface area contributed by atoms with Gasteiger partial charge in [0.05, 0.1) is 40.2 Å². The van der Waals surface area contributed by atoms with Crippen molar-refractivity contribution in [2.45, 2.75) is 40.0 Å². The number of nitrogens with zero attached hydrogens (tertiary/aromatic N) is 1. The van der Waals surface area contributed by atoms with Crippen LogP contribution in [0, 0.1) is 25.2 Å². The molecule has 2 amide bonds. The molecule has 8 heteroatoms. The van der Waals surface area contributed by atoms with Gasteiger partial charge in [-0.15, -0.1) is 0 Å². The van der Waals surface area contributed by atoms with Gasteiger partial charge in [-0.3, -0.25) is 9.59 Å². The Morgan fingerprint density at radius 2 is 1.76 bits per heavy atom. The molecule has 0 saturated heterocycles. The molecule has 2 aromatic carbocycles. The van der Waals surface area contributed by atoms with Crippen LogP contribution in [0.15, 0.2) is 87.1 Å². The number of dihydropyridines is 1. The lowest BCUT2D eigenvalue weighted by molar-refractivity contribution is -0.114. The molecule has 2 heterocycles. The smallest absolute Gasteiger partial charge is 0.254 e. The summed E-state index contributed by atoms with van der Waals surface area (Å²) in [5.74, 6) is -0.669. The summed E-state index contributed by atoms with van der Waals surface area (Å²) < 4.78 is 5.67. The van der Waals surface area contributed by atoms with Crippen LogP contribution in [0.2, 0.25) is 0 Å². The number of hydrogen-bond donors (Lipinski definition) is 3. The number of hydrogen-bond acceptors (Lipinski definition) is 6. The van der Waals surface area contributed by atoms with Crippen LogP contribution in [0.4, 0.5) is 11.4 Å². The second-order valence-electron chi connectivity index (χ2n) is 9.11. The van der Waals surface area contributed by atoms with Gasteiger partial charge >= 0.3 is 0 Å². The predicted octanol–water partition coefficient (Wildman–Crippen LogP) is 6.17. The Labute approximate surface area is 227 Å². The maximum atomic E-state index is 13.5. The van der Waals surface area contributed by atoms with Crippen molar-refractivity contribution in [3.63, 3.8) is 0 Å². The first-order chi connectivity index (χ1) is 18.3. The van der Waals surface area contributed by atoms with E-state index in [2.05, 4.69) is 28.9 Å². The highest BCUT2D eigenvalue weighted by Gasteiger charge is 2.36. The number of carbonyl (C=O) groups is 2. The fraction of sp³-hybridized carbons (Fsp3) is 0.233. The molecule has 194 valence electrons. The molecule has 0 spiro atoms. The molecule has 0 saturated carbocycles. The first-order valence-corrected chi connectivity index (χ1v) is 13.3. The number of allylic oxidation sites excluding steroid dienone is 2. The number of nitriles is 1. The van der Waals surface area contributed by atoms with Gasteiger partial charge in [-0.05, 0) is 80.3 Å². The maximum Gasteiger partial charge on any atom is 0.254 e. The first-order valence-electron chi connectivity index (χ1n) is 12.4. The molecule has 38 heavy (non-hydrogen) atoms. The molecule has 1 aromatic heterocycles. The Kier molecular flexibility index (Phi) is 8.39. The second-order valence-corrected chi connectivity index (χ2v) is 10.1. The highest BCUT2D eigenvalue weighted by molar-refractivity contribution is 8.03. The van der Waals surface area contributed by atoms with Crippen LogP contribution in [-0.4, -0.2) is 17.6 Å². The molecule has 0 radical (unpaired) electrons. The van der Waals surface area contributed by atoms with E-state index in [9.17, 15) is 14.9 Å². The first kappa shape index (κ1) is 26.8. The fourth-order valence-electron chi connectivity index (χ4n) is 4.24. The minimum atomic E-state index is -0.712. The zero-order valence-electron chi connectivity index (χ0n) is 21.8. The summed E-state index contributed by atoms with van der Waals surface area (Å²) in [5, 5.41) is 19.7. The molecule has 4 rings (SSSR count). The van der Waals surface area contributed by atoms with Gasteiger partial charge in [0.15, 0.2) is 0 Å². The van der Waals surface area contributed by atoms with E-state index in [0.717, 1.165) is 23.2 Å². The molecule has 0 unspecified atom stereocenters. The van der Waals surface area contributed by atoms with E-state index >= 15 is 0 Å². The van der Waals surface area contributed by atoms with Gasteiger partial charge in [0.25, 0.3) is 5.91 Å². The summed E-state index contributed by atoms with van der Waals surface area (Å²) in [7, 11) is 0. The number of anilines is 2. The number of nitrogens with one attached hydrogen (secondary N) is 3. The summed E-state index contributed by atoms with van der Waals surface area (Å²) in [5.41, 5.74) is 6.09. The summed E-state index contributed by atoms with van der Waals surface area (Å²) in [6, 6.07) is 19.2. The van der Waals surface area contributed by atoms with Gasteiger partial charge in [-0.2, -0.15) is 5.26 Å². The normalized spacial score (nSPS) is 15.1. The molecule has 1 aliphatic heterocycles. The minimum absolute atomic E-state index is 0.0872. The minimum Gasteiger partial charge on any atom is -0.468 e. The fourth-order valence-corrected chi connectivity index (χ4v) is 5.14. The van der Waals surface area contributed by atoms with Crippen LogP contribution in [0.5, 0.6) is 0 Å². The summed E-state index contributed by atoms with van der Waals surface area (Å²) in [4.78, 5) is 26.2. The summed E-state index contributed by atoms with van der Waals surface area (Å²) in [6.45, 7) is 7.87. The number of furan rings is 1. The zero-order valence-corrected chi connectivity index (χ0v) is 22.7. The van der Waals surface area contributed by atoms with Gasteiger partial charge in [0, 0.05) is 17.1 Å². The Balaban J connectivity index is 1.56. The van der Waals surface area contributed by atoms with Gasteiger partial charge in [-0.1, -0.05) is 36.9 Å². The number of rotatable bonds is 8. The molecule has 1 atom stereocenters. The zero-order chi connectivity index (χ0) is 27.2. The Morgan fingerprint density at radius 1 is 1.03 bits per heavy atom. The molecule has 3 aromatic rings. The molecule has 1 aliphatic rings. The summed E-state index contributed by atoms with van der Waals surface area (Å²) >= 11 is 1.22. The summed E-state index contributed by atoms with van der Waals surface area (Å²) in [6.07, 6.45) is 2.42. The lowest BCUT2D eigenvalue weighted by Gasteiger charge is -2.28. The Morgan fingerprint density at radius 3 is 2.39 bits per heavy atom. The van der Waals surface area contributed by atoms with Crippen molar-refractivity contribution in [1.29, 1.82) is 5.26 Å². The van der Waals surface area contributed by atoms with Gasteiger partial charge in [0.2, 0.25) is 5.91 Å². The quantitative estimate of drug-likeness (QED) is 0.324. The third-order valence-electron chi connectivity index (χ3n) is 6.48. The average Bonchev–Trinajstić information content (AvgIpc) is 3.44. The lowest BCUT2D eigenvalue weighted by atomic mass is 9.85. The molecule has 0 aliphatic carbocycles. The highest BCUT2D eigenvalue weighted by atomic mass is 32.2. The molecular weight excluding hydrogens is 496 g/mol. The molecular formula is C30H30N4O3S. The van der Waals surface area contributed by atoms with Crippen molar-refractivity contribution in [3.8, 4) is 6.07 Å². The van der Waals surface area contributed by atoms with Crippen LogP contribution < -0.4 is 16.0 Å². The van der Waals surface area contributed by atoms with Gasteiger partial charge in [-0.25, -0.2) is 0 Å². The monoisotopic (exact) mass is 526 g/mol. The highest BCUT2D eigenvalue weighted by Crippen LogP contribution is 2.41. The number of thioether (sulfide) groups is 1. The molecule has 7 nitrogen and oxygen atoms in total. The number of aryl methyl sites for hydroxylation is 3. The van der Waals surface area contributed by atoms with Crippen LogP contribution in [0.3, 0.4) is 0 Å². The van der Waals surface area contributed by atoms with E-state index < -0.39 is 5.92 Å². The number of benzene rings is 2. The standard InChI is InChI=1S/C30H30N4O3S/c1-5-21-9-12-22(13-10-21)34-29(36)27-20(4)32-30(24(16-31)28(27)25-7-6-14-37-25)38-17-26(35)33-23-11-8-18(2)19(3)15-23/h6-15,28,32H,5,17H2,1-4H3,(H,33,35)(H,34,36)/t28-/m1/s1. The SMILES string of the molecule is CCc1ccc(NC(=O)C2=C(C)NC(SCC(=O)Nc3ccc(C)c(C)c3)=C(C#N)[C@@H]2c2ccco2)cc1. The van der Waals surface area contributed by atoms with E-state index in [-0.39, 0.29) is 17.6 Å². The van der Waals surface area contributed by atoms with Crippen molar-refractivity contribution < 1.29 is 14.0 Å². The van der Waals surface area contributed by atoms with Gasteiger partial charge in [0.1, 0.15) is 5.76 Å². The van der Waals surface area contributed by atoms with E-state index in [1.54, 1.807) is 19.1 Å². The van der Waals surface area contributed by atoms with E-state index in [4.69, 9.17) is 4.42 Å². The second kappa shape index (κ2) is 11.9. The maximum absolute atomic E-state index is 13.5. The Hall–Kier alpha value is -4.22. The average molecular weight is 527 g/mol. The van der Waals surface area contributed by atoms with Crippen molar-refractivity contribution >= 4 is 35.0 Å². The van der Waals surface area contributed by atoms with Crippen molar-refractivity contribution in [1.82, 2.24) is 5.32 Å². The van der Waals surface area contributed by atoms with Crippen molar-refractivity contribution in [3.05, 3.63) is 105 Å².